The fourth-order valence-electron chi connectivity index (χ4n) is 2.57. The van der Waals surface area contributed by atoms with Gasteiger partial charge in [0.25, 0.3) is 0 Å². The molecule has 0 atom stereocenters. The van der Waals surface area contributed by atoms with Crippen LogP contribution in [-0.2, 0) is 7.05 Å². The summed E-state index contributed by atoms with van der Waals surface area (Å²) >= 11 is 1.71. The molecule has 0 N–H and O–H groups in total. The highest BCUT2D eigenvalue weighted by molar-refractivity contribution is 7.18. The number of benzene rings is 3. The third-order valence-electron chi connectivity index (χ3n) is 3.88. The van der Waals surface area contributed by atoms with Crippen molar-refractivity contribution in [3.05, 3.63) is 89.4 Å². The van der Waals surface area contributed by atoms with E-state index >= 15 is 0 Å². The van der Waals surface area contributed by atoms with Crippen molar-refractivity contribution in [3.8, 4) is 23.3 Å². The van der Waals surface area contributed by atoms with Crippen molar-refractivity contribution < 1.29 is 26.6 Å². The number of rotatable bonds is 2. The number of halogens is 4. The normalized spacial score (nSPS) is 10.6. The van der Waals surface area contributed by atoms with Gasteiger partial charge in [-0.05, 0) is 42.5 Å². The quantitative estimate of drug-likeness (QED) is 0.160. The van der Waals surface area contributed by atoms with Crippen LogP contribution in [0.25, 0.3) is 10.2 Å². The predicted molar refractivity (Wildman–Crippen MR) is 112 cm³/mol. The van der Waals surface area contributed by atoms with E-state index in [1.165, 1.54) is 10.2 Å². The van der Waals surface area contributed by atoms with Crippen LogP contribution in [0.3, 0.4) is 0 Å². The predicted octanol–water partition coefficient (Wildman–Crippen LogP) is 6.22. The lowest BCUT2D eigenvalue weighted by Crippen LogP contribution is -2.29. The summed E-state index contributed by atoms with van der Waals surface area (Å²) in [5.41, 5.74) is 2.18. The summed E-state index contributed by atoms with van der Waals surface area (Å²) in [7, 11) is -3.94. The van der Waals surface area contributed by atoms with Gasteiger partial charge in [0.2, 0.25) is 5.52 Å². The summed E-state index contributed by atoms with van der Waals surface area (Å²) in [6, 6.07) is 26.0. The maximum atomic E-state index is 9.75. The molecule has 152 valence electrons. The Kier molecular flexibility index (Phi) is 6.75. The summed E-state index contributed by atoms with van der Waals surface area (Å²) in [6.45, 7) is 0. The maximum absolute atomic E-state index is 9.75. The van der Waals surface area contributed by atoms with Crippen molar-refractivity contribution in [2.75, 3.05) is 0 Å². The fraction of sp³-hybridized carbons (Fsp3) is 0.0455. The average molecular weight is 429 g/mol. The van der Waals surface area contributed by atoms with Crippen LogP contribution in [0.1, 0.15) is 10.6 Å². The number of thiazole rings is 1. The molecule has 0 aliphatic heterocycles. The molecule has 1 aromatic heterocycles. The molecule has 8 heteroatoms. The molecule has 0 saturated heterocycles. The van der Waals surface area contributed by atoms with Gasteiger partial charge in [-0.2, -0.15) is 4.57 Å². The third kappa shape index (κ3) is 6.36. The summed E-state index contributed by atoms with van der Waals surface area (Å²) < 4.78 is 48.2. The number of hydrogen-bond donors (Lipinski definition) is 0. The minimum Gasteiger partial charge on any atom is -0.457 e. The van der Waals surface area contributed by atoms with Crippen molar-refractivity contribution in [2.24, 2.45) is 7.05 Å². The molecule has 30 heavy (non-hydrogen) atoms. The number of aromatic nitrogens is 1. The van der Waals surface area contributed by atoms with Crippen molar-refractivity contribution in [1.82, 2.24) is 0 Å². The number of ether oxygens (including phenoxy) is 1. The first kappa shape index (κ1) is 21.4. The topological polar surface area (TPSA) is 13.1 Å². The molecule has 0 fully saturated rings. The van der Waals surface area contributed by atoms with Gasteiger partial charge in [0.1, 0.15) is 23.2 Å². The fourth-order valence-corrected chi connectivity index (χ4v) is 3.57. The minimum absolute atomic E-state index is 0.809. The first-order chi connectivity index (χ1) is 14.3. The highest BCUT2D eigenvalue weighted by Crippen LogP contribution is 2.21. The number of nitrogens with zero attached hydrogens (tertiary/aromatic N) is 1. The van der Waals surface area contributed by atoms with E-state index in [1.54, 1.807) is 11.3 Å². The molecular weight excluding hydrogens is 413 g/mol. The van der Waals surface area contributed by atoms with Crippen LogP contribution >= 0.6 is 11.3 Å². The Bertz CT molecular complexity index is 1170. The molecule has 2 nitrogen and oxygen atoms in total. The molecule has 0 saturated carbocycles. The van der Waals surface area contributed by atoms with Crippen LogP contribution in [0.5, 0.6) is 11.5 Å². The summed E-state index contributed by atoms with van der Waals surface area (Å²) in [5, 5.41) is 1.05. The van der Waals surface area contributed by atoms with Crippen molar-refractivity contribution >= 4 is 28.8 Å². The van der Waals surface area contributed by atoms with Gasteiger partial charge < -0.3 is 22.0 Å². The van der Waals surface area contributed by atoms with Crippen LogP contribution in [0.15, 0.2) is 78.9 Å². The lowest BCUT2D eigenvalue weighted by atomic mass is 10.2. The highest BCUT2D eigenvalue weighted by atomic mass is 32.1. The molecular formula is C22H16BF4NOS. The summed E-state index contributed by atoms with van der Waals surface area (Å²) in [6.07, 6.45) is 0. The maximum Gasteiger partial charge on any atom is 0.673 e. The summed E-state index contributed by atoms with van der Waals surface area (Å²) in [4.78, 5) is 0. The van der Waals surface area contributed by atoms with Crippen molar-refractivity contribution in [1.29, 1.82) is 0 Å². The van der Waals surface area contributed by atoms with Crippen molar-refractivity contribution in [3.63, 3.8) is 0 Å². The lowest BCUT2D eigenvalue weighted by Gasteiger charge is -2.04. The van der Waals surface area contributed by atoms with E-state index < -0.39 is 7.25 Å². The molecule has 4 rings (SSSR count). The van der Waals surface area contributed by atoms with E-state index in [0.717, 1.165) is 22.1 Å². The van der Waals surface area contributed by atoms with E-state index in [1.807, 2.05) is 54.6 Å². The van der Waals surface area contributed by atoms with E-state index in [9.17, 15) is 17.3 Å². The molecule has 1 heterocycles. The van der Waals surface area contributed by atoms with Crippen LogP contribution in [-0.4, -0.2) is 7.25 Å². The monoisotopic (exact) mass is 429 g/mol. The molecule has 0 bridgehead atoms. The zero-order valence-corrected chi connectivity index (χ0v) is 16.7. The lowest BCUT2D eigenvalue weighted by molar-refractivity contribution is -0.642. The van der Waals surface area contributed by atoms with Gasteiger partial charge in [0.15, 0.2) is 0 Å². The Labute approximate surface area is 175 Å². The smallest absolute Gasteiger partial charge is 0.457 e. The third-order valence-corrected chi connectivity index (χ3v) is 5.02. The molecule has 0 amide bonds. The molecule has 3 aromatic carbocycles. The number of hydrogen-bond acceptors (Lipinski definition) is 2. The van der Waals surface area contributed by atoms with Gasteiger partial charge in [-0.15, -0.1) is 0 Å². The molecule has 0 unspecified atom stereocenters. The zero-order chi connectivity index (χ0) is 21.6. The van der Waals surface area contributed by atoms with Gasteiger partial charge in [-0.3, -0.25) is 0 Å². The van der Waals surface area contributed by atoms with E-state index in [0.29, 0.717) is 0 Å². The largest absolute Gasteiger partial charge is 0.673 e. The zero-order valence-electron chi connectivity index (χ0n) is 15.9. The first-order valence-electron chi connectivity index (χ1n) is 8.89. The van der Waals surface area contributed by atoms with E-state index in [2.05, 4.69) is 47.7 Å². The number of aryl methyl sites for hydroxylation is 1. The van der Waals surface area contributed by atoms with E-state index in [4.69, 9.17) is 4.74 Å². The average Bonchev–Trinajstić information content (AvgIpc) is 3.03. The second kappa shape index (κ2) is 9.46. The molecule has 0 aliphatic carbocycles. The first-order valence-corrected chi connectivity index (χ1v) is 9.71. The van der Waals surface area contributed by atoms with Gasteiger partial charge in [-0.25, -0.2) is 0 Å². The van der Waals surface area contributed by atoms with Crippen LogP contribution < -0.4 is 9.30 Å². The highest BCUT2D eigenvalue weighted by Gasteiger charge is 2.20. The summed E-state index contributed by atoms with van der Waals surface area (Å²) in [5.74, 6) is 8.16. The minimum atomic E-state index is -6.00. The molecule has 0 spiro atoms. The van der Waals surface area contributed by atoms with Crippen molar-refractivity contribution in [2.45, 2.75) is 0 Å². The second-order valence-electron chi connectivity index (χ2n) is 6.12. The van der Waals surface area contributed by atoms with Gasteiger partial charge >= 0.3 is 12.3 Å². The Hall–Kier alpha value is -3.31. The number of para-hydroxylation sites is 2. The van der Waals surface area contributed by atoms with E-state index in [-0.39, 0.29) is 0 Å². The Morgan fingerprint density at radius 3 is 1.97 bits per heavy atom. The Morgan fingerprint density at radius 2 is 1.33 bits per heavy atom. The number of fused-ring (bicyclic) bond motifs is 1. The van der Waals surface area contributed by atoms with Gasteiger partial charge in [-0.1, -0.05) is 47.6 Å². The molecule has 0 aliphatic rings. The SMILES string of the molecule is C[n+]1c(C#Cc2ccc(Oc3ccccc3)cc2)sc2ccccc21.F[B-](F)(F)F. The standard InChI is InChI=1S/C22H16NOS.BF4/c1-23-20-9-5-6-10-21(20)25-22(23)16-13-17-11-14-19(15-12-17)24-18-7-3-2-4-8-18;2-1(3,4)5/h2-12,14-15H,1H3;/q+1;-1. The van der Waals surface area contributed by atoms with Crippen LogP contribution in [0.2, 0.25) is 0 Å². The molecule has 4 aromatic rings. The van der Waals surface area contributed by atoms with Gasteiger partial charge in [0, 0.05) is 17.6 Å². The molecule has 0 radical (unpaired) electrons. The Morgan fingerprint density at radius 1 is 0.767 bits per heavy atom. The van der Waals surface area contributed by atoms with Crippen LogP contribution in [0, 0.1) is 11.8 Å². The Balaban J connectivity index is 0.000000461. The van der Waals surface area contributed by atoms with Gasteiger partial charge in [0.05, 0.1) is 0 Å². The van der Waals surface area contributed by atoms with Crippen LogP contribution in [0.4, 0.5) is 17.3 Å². The second-order valence-corrected chi connectivity index (χ2v) is 7.15.